The lowest BCUT2D eigenvalue weighted by Gasteiger charge is -2.32. The highest BCUT2D eigenvalue weighted by Crippen LogP contribution is 2.32. The van der Waals surface area contributed by atoms with Gasteiger partial charge in [0.1, 0.15) is 0 Å². The Morgan fingerprint density at radius 3 is 1.55 bits per heavy atom. The first-order valence-corrected chi connectivity index (χ1v) is 13.7. The van der Waals surface area contributed by atoms with Crippen LogP contribution in [0.5, 0.6) is 11.5 Å². The van der Waals surface area contributed by atoms with Gasteiger partial charge in [0, 0.05) is 12.5 Å². The zero-order chi connectivity index (χ0) is 32.5. The lowest BCUT2D eigenvalue weighted by atomic mass is 9.99. The Bertz CT molecular complexity index is 1090. The second-order valence-electron chi connectivity index (χ2n) is 14.0. The van der Waals surface area contributed by atoms with Crippen LogP contribution in [0.4, 0.5) is 14.4 Å². The number of nitrogens with one attached hydrogen (secondary N) is 1. The maximum absolute atomic E-state index is 12.5. The van der Waals surface area contributed by atoms with Crippen LogP contribution >= 0.6 is 0 Å². The number of carbonyl (C=O) groups excluding carboxylic acids is 3. The zero-order valence-corrected chi connectivity index (χ0v) is 26.7. The van der Waals surface area contributed by atoms with Crippen molar-refractivity contribution in [1.82, 2.24) is 5.32 Å². The van der Waals surface area contributed by atoms with Gasteiger partial charge in [0.15, 0.2) is 11.5 Å². The van der Waals surface area contributed by atoms with Gasteiger partial charge in [-0.05, 0) is 47.8 Å². The van der Waals surface area contributed by atoms with E-state index in [1.807, 2.05) is 62.3 Å². The fourth-order valence-corrected chi connectivity index (χ4v) is 3.11. The molecule has 0 spiro atoms. The molecule has 0 saturated heterocycles. The van der Waals surface area contributed by atoms with Crippen LogP contribution in [-0.4, -0.2) is 61.1 Å². The first-order chi connectivity index (χ1) is 19.0. The highest BCUT2D eigenvalue weighted by molar-refractivity contribution is 5.80. The molecule has 1 atom stereocenters. The van der Waals surface area contributed by atoms with Crippen molar-refractivity contribution in [3.05, 3.63) is 23.8 Å². The summed E-state index contributed by atoms with van der Waals surface area (Å²) in [7, 11) is 0. The molecule has 12 nitrogen and oxygen atoms in total. The van der Waals surface area contributed by atoms with Gasteiger partial charge < -0.3 is 33.5 Å². The molecule has 238 valence electrons. The van der Waals surface area contributed by atoms with Crippen LogP contribution in [0.25, 0.3) is 0 Å². The van der Waals surface area contributed by atoms with E-state index in [0.29, 0.717) is 0 Å². The molecule has 0 aliphatic carbocycles. The smallest absolute Gasteiger partial charge is 0.477 e. The van der Waals surface area contributed by atoms with Gasteiger partial charge in [-0.3, -0.25) is 5.32 Å². The van der Waals surface area contributed by atoms with E-state index in [-0.39, 0.29) is 53.1 Å². The minimum Gasteiger partial charge on any atom is -0.477 e. The largest absolute Gasteiger partial charge is 0.513 e. The lowest BCUT2D eigenvalue weighted by molar-refractivity contribution is -0.167. The highest BCUT2D eigenvalue weighted by atomic mass is 16.8. The number of carbonyl (C=O) groups is 4. The van der Waals surface area contributed by atoms with Crippen molar-refractivity contribution in [2.45, 2.75) is 94.3 Å². The Balaban J connectivity index is 3.40. The summed E-state index contributed by atoms with van der Waals surface area (Å²) in [6, 6.07) is 3.59. The number of hydrogen-bond donors (Lipinski definition) is 2. The topological polar surface area (TPSA) is 156 Å². The molecular formula is C30H47NO11. The van der Waals surface area contributed by atoms with Crippen molar-refractivity contribution in [1.29, 1.82) is 0 Å². The van der Waals surface area contributed by atoms with E-state index in [1.165, 1.54) is 18.2 Å². The average Bonchev–Trinajstić information content (AvgIpc) is 2.80. The predicted molar refractivity (Wildman–Crippen MR) is 154 cm³/mol. The van der Waals surface area contributed by atoms with Crippen LogP contribution in [-0.2, 0) is 30.2 Å². The molecule has 0 aromatic heterocycles. The summed E-state index contributed by atoms with van der Waals surface area (Å²) < 4.78 is 31.5. The van der Waals surface area contributed by atoms with Gasteiger partial charge in [0.25, 0.3) is 5.72 Å². The zero-order valence-electron chi connectivity index (χ0n) is 26.7. The number of benzene rings is 1. The minimum atomic E-state index is -2.25. The third kappa shape index (κ3) is 14.4. The Morgan fingerprint density at radius 1 is 0.714 bits per heavy atom. The van der Waals surface area contributed by atoms with E-state index in [2.05, 4.69) is 5.32 Å². The summed E-state index contributed by atoms with van der Waals surface area (Å²) in [5.41, 5.74) is -3.05. The van der Waals surface area contributed by atoms with Crippen molar-refractivity contribution in [2.75, 3.05) is 19.8 Å². The second kappa shape index (κ2) is 14.6. The molecule has 12 heteroatoms. The van der Waals surface area contributed by atoms with Gasteiger partial charge in [-0.15, -0.1) is 0 Å². The van der Waals surface area contributed by atoms with Gasteiger partial charge in [-0.1, -0.05) is 68.4 Å². The van der Waals surface area contributed by atoms with E-state index >= 15 is 0 Å². The van der Waals surface area contributed by atoms with Gasteiger partial charge in [-0.25, -0.2) is 19.2 Å². The summed E-state index contributed by atoms with van der Waals surface area (Å²) >= 11 is 0. The molecule has 0 unspecified atom stereocenters. The molecule has 1 aromatic rings. The number of aliphatic carboxylic acids is 1. The quantitative estimate of drug-likeness (QED) is 0.127. The third-order valence-corrected chi connectivity index (χ3v) is 4.84. The Kier molecular flexibility index (Phi) is 12.7. The van der Waals surface area contributed by atoms with Crippen LogP contribution in [0.3, 0.4) is 0 Å². The SMILES string of the molecule is CC(C)N[C@@](Cc1ccc(OC(=O)OCC(C)(C)C)c(OC(=O)OCC(C)(C)C)c1)(OC(=O)OCC(C)(C)C)C(=O)O. The molecule has 0 bridgehead atoms. The van der Waals surface area contributed by atoms with E-state index in [0.717, 1.165) is 0 Å². The average molecular weight is 598 g/mol. The van der Waals surface area contributed by atoms with Gasteiger partial charge >= 0.3 is 24.4 Å². The van der Waals surface area contributed by atoms with Crippen LogP contribution < -0.4 is 14.8 Å². The van der Waals surface area contributed by atoms with Gasteiger partial charge in [0.05, 0.1) is 19.8 Å². The van der Waals surface area contributed by atoms with Crippen LogP contribution in [0.15, 0.2) is 18.2 Å². The van der Waals surface area contributed by atoms with Crippen molar-refractivity contribution < 1.29 is 52.7 Å². The van der Waals surface area contributed by atoms with E-state index in [9.17, 15) is 24.3 Å². The summed E-state index contributed by atoms with van der Waals surface area (Å²) in [6.45, 7) is 20.2. The van der Waals surface area contributed by atoms with Crippen LogP contribution in [0.1, 0.15) is 81.7 Å². The Labute approximate surface area is 248 Å². The molecule has 1 rings (SSSR count). The first-order valence-electron chi connectivity index (χ1n) is 13.7. The van der Waals surface area contributed by atoms with Gasteiger partial charge in [-0.2, -0.15) is 0 Å². The summed E-state index contributed by atoms with van der Waals surface area (Å²) in [4.78, 5) is 49.9. The second-order valence-corrected chi connectivity index (χ2v) is 14.0. The molecule has 0 radical (unpaired) electrons. The number of rotatable bonds is 11. The Hall–Kier alpha value is -3.54. The van der Waals surface area contributed by atoms with Crippen LogP contribution in [0.2, 0.25) is 0 Å². The van der Waals surface area contributed by atoms with E-state index in [4.69, 9.17) is 28.4 Å². The Morgan fingerprint density at radius 2 is 1.14 bits per heavy atom. The summed E-state index contributed by atoms with van der Waals surface area (Å²) in [5, 5.41) is 13.0. The van der Waals surface area contributed by atoms with Crippen molar-refractivity contribution in [2.24, 2.45) is 16.2 Å². The minimum absolute atomic E-state index is 0.00474. The van der Waals surface area contributed by atoms with E-state index in [1.54, 1.807) is 13.8 Å². The third-order valence-electron chi connectivity index (χ3n) is 4.84. The first kappa shape index (κ1) is 36.5. The molecule has 0 heterocycles. The summed E-state index contributed by atoms with van der Waals surface area (Å²) in [5.74, 6) is -1.89. The van der Waals surface area contributed by atoms with E-state index < -0.39 is 42.6 Å². The molecule has 0 amide bonds. The van der Waals surface area contributed by atoms with Crippen molar-refractivity contribution >= 4 is 24.4 Å². The maximum atomic E-state index is 12.5. The molecule has 0 aliphatic heterocycles. The monoisotopic (exact) mass is 597 g/mol. The number of carboxylic acids is 1. The molecule has 0 aliphatic rings. The highest BCUT2D eigenvalue weighted by Gasteiger charge is 2.44. The number of hydrogen-bond acceptors (Lipinski definition) is 11. The van der Waals surface area contributed by atoms with Crippen LogP contribution in [0, 0.1) is 16.2 Å². The fraction of sp³-hybridized carbons (Fsp3) is 0.667. The maximum Gasteiger partial charge on any atom is 0.513 e. The summed E-state index contributed by atoms with van der Waals surface area (Å²) in [6.07, 6.45) is -3.68. The molecular weight excluding hydrogens is 550 g/mol. The van der Waals surface area contributed by atoms with Gasteiger partial charge in [0.2, 0.25) is 0 Å². The molecule has 42 heavy (non-hydrogen) atoms. The predicted octanol–water partition coefficient (Wildman–Crippen LogP) is 6.33. The number of carboxylic acid groups (broad SMARTS) is 1. The normalized spacial score (nSPS) is 13.5. The molecule has 1 aromatic carbocycles. The van der Waals surface area contributed by atoms with Crippen molar-refractivity contribution in [3.8, 4) is 11.5 Å². The molecule has 2 N–H and O–H groups in total. The standard InChI is InChI=1S/C30H47NO11/c1-19(2)31-30(23(32)33,42-26(36)39-18-29(9,10)11)15-20-12-13-21(40-24(34)37-16-27(3,4)5)22(14-20)41-25(35)38-17-28(6,7)8/h12-14,19,31H,15-18H2,1-11H3,(H,32,33)/t30-/m0/s1. The molecule has 0 saturated carbocycles. The fourth-order valence-electron chi connectivity index (χ4n) is 3.11. The number of ether oxygens (including phenoxy) is 6. The molecule has 0 fully saturated rings. The lowest BCUT2D eigenvalue weighted by Crippen LogP contribution is -2.59. The van der Waals surface area contributed by atoms with Crippen molar-refractivity contribution in [3.63, 3.8) is 0 Å².